The van der Waals surface area contributed by atoms with Crippen LogP contribution >= 0.6 is 0 Å². The van der Waals surface area contributed by atoms with Crippen molar-refractivity contribution in [3.8, 4) is 17.0 Å². The van der Waals surface area contributed by atoms with Crippen LogP contribution in [0.1, 0.15) is 35.8 Å². The van der Waals surface area contributed by atoms with Gasteiger partial charge in [0.05, 0.1) is 13.2 Å². The topological polar surface area (TPSA) is 83.7 Å². The highest BCUT2D eigenvalue weighted by Gasteiger charge is 2.29. The second kappa shape index (κ2) is 11.0. The Morgan fingerprint density at radius 2 is 1.88 bits per heavy atom. The number of carbonyl (C=O) groups is 2. The first-order valence-electron chi connectivity index (χ1n) is 11.6. The summed E-state index contributed by atoms with van der Waals surface area (Å²) in [5.41, 5.74) is 3.18. The summed E-state index contributed by atoms with van der Waals surface area (Å²) in [5, 5.41) is 2.96. The lowest BCUT2D eigenvalue weighted by Crippen LogP contribution is -2.49. The number of nitrogens with zero attached hydrogens (tertiary/aromatic N) is 1. The maximum atomic E-state index is 13.6. The molecule has 0 aliphatic carbocycles. The van der Waals surface area contributed by atoms with Gasteiger partial charge < -0.3 is 24.7 Å². The molecule has 0 bridgehead atoms. The van der Waals surface area contributed by atoms with Crippen LogP contribution < -0.4 is 10.1 Å². The minimum Gasteiger partial charge on any atom is -0.497 e. The number of hydrogen-bond acceptors (Lipinski definition) is 4. The Hall–Kier alpha value is -3.58. The molecular formula is C27H31N3O4. The molecule has 2 unspecified atom stereocenters. The molecule has 2 atom stereocenters. The molecule has 178 valence electrons. The van der Waals surface area contributed by atoms with Gasteiger partial charge in [-0.3, -0.25) is 9.59 Å². The average Bonchev–Trinajstić information content (AvgIpc) is 3.58. The van der Waals surface area contributed by atoms with E-state index in [1.165, 1.54) is 0 Å². The molecule has 2 amide bonds. The molecule has 1 aromatic heterocycles. The molecular weight excluding hydrogens is 430 g/mol. The summed E-state index contributed by atoms with van der Waals surface area (Å²) in [6.45, 7) is 3.23. The second-order valence-corrected chi connectivity index (χ2v) is 8.49. The van der Waals surface area contributed by atoms with Crippen LogP contribution in [0.4, 0.5) is 0 Å². The number of methoxy groups -OCH3 is 1. The molecule has 2 heterocycles. The summed E-state index contributed by atoms with van der Waals surface area (Å²) < 4.78 is 10.9. The van der Waals surface area contributed by atoms with E-state index >= 15 is 0 Å². The molecule has 34 heavy (non-hydrogen) atoms. The number of aromatic amines is 1. The number of benzene rings is 2. The first-order chi connectivity index (χ1) is 16.5. The summed E-state index contributed by atoms with van der Waals surface area (Å²) in [5.74, 6) is 0.297. The Morgan fingerprint density at radius 3 is 2.56 bits per heavy atom. The number of hydrogen-bond donors (Lipinski definition) is 2. The maximum absolute atomic E-state index is 13.6. The highest BCUT2D eigenvalue weighted by Crippen LogP contribution is 2.21. The molecule has 7 heteroatoms. The van der Waals surface area contributed by atoms with Gasteiger partial charge in [-0.2, -0.15) is 0 Å². The van der Waals surface area contributed by atoms with Gasteiger partial charge in [0.1, 0.15) is 17.5 Å². The molecule has 0 saturated carbocycles. The predicted molar refractivity (Wildman–Crippen MR) is 131 cm³/mol. The van der Waals surface area contributed by atoms with Crippen LogP contribution in [-0.4, -0.2) is 54.1 Å². The normalized spacial score (nSPS) is 16.1. The van der Waals surface area contributed by atoms with Gasteiger partial charge in [-0.15, -0.1) is 0 Å². The Morgan fingerprint density at radius 1 is 1.12 bits per heavy atom. The van der Waals surface area contributed by atoms with Crippen LogP contribution in [0.5, 0.6) is 5.75 Å². The van der Waals surface area contributed by atoms with Crippen LogP contribution in [0.15, 0.2) is 66.7 Å². The van der Waals surface area contributed by atoms with Gasteiger partial charge in [-0.25, -0.2) is 0 Å². The van der Waals surface area contributed by atoms with Crippen LogP contribution in [0.2, 0.25) is 0 Å². The molecule has 1 fully saturated rings. The van der Waals surface area contributed by atoms with Crippen molar-refractivity contribution in [2.24, 2.45) is 0 Å². The van der Waals surface area contributed by atoms with Crippen LogP contribution in [0.25, 0.3) is 11.3 Å². The number of amides is 2. The fourth-order valence-corrected chi connectivity index (χ4v) is 4.08. The van der Waals surface area contributed by atoms with Gasteiger partial charge in [-0.1, -0.05) is 42.5 Å². The molecule has 1 aliphatic rings. The maximum Gasteiger partial charge on any atom is 0.271 e. The fourth-order valence-electron chi connectivity index (χ4n) is 4.08. The largest absolute Gasteiger partial charge is 0.497 e. The van der Waals surface area contributed by atoms with Crippen LogP contribution in [0, 0.1) is 0 Å². The van der Waals surface area contributed by atoms with Crippen molar-refractivity contribution < 1.29 is 19.1 Å². The zero-order valence-electron chi connectivity index (χ0n) is 19.6. The first-order valence-corrected chi connectivity index (χ1v) is 11.6. The van der Waals surface area contributed by atoms with E-state index in [2.05, 4.69) is 10.3 Å². The van der Waals surface area contributed by atoms with Gasteiger partial charge in [0, 0.05) is 25.4 Å². The van der Waals surface area contributed by atoms with Crippen molar-refractivity contribution in [2.45, 2.75) is 38.5 Å². The van der Waals surface area contributed by atoms with Crippen molar-refractivity contribution in [3.05, 3.63) is 78.0 Å². The standard InChI is InChI=1S/C27H31N3O4/c1-19(26(31)28-17-23-9-6-16-34-23)30(18-20-10-12-22(33-2)13-11-20)27(32)25-15-14-24(29-25)21-7-4-3-5-8-21/h3-5,7-8,10-15,19,23,29H,6,9,16-18H2,1-2H3,(H,28,31). The molecule has 0 spiro atoms. The third-order valence-corrected chi connectivity index (χ3v) is 6.15. The van der Waals surface area contributed by atoms with Crippen molar-refractivity contribution in [1.29, 1.82) is 0 Å². The summed E-state index contributed by atoms with van der Waals surface area (Å²) >= 11 is 0. The SMILES string of the molecule is COc1ccc(CN(C(=O)c2ccc(-c3ccccc3)[nH]2)C(C)C(=O)NCC2CCCO2)cc1. The summed E-state index contributed by atoms with van der Waals surface area (Å²) in [7, 11) is 1.61. The monoisotopic (exact) mass is 461 g/mol. The zero-order valence-corrected chi connectivity index (χ0v) is 19.6. The van der Waals surface area contributed by atoms with Gasteiger partial charge in [-0.05, 0) is 55.2 Å². The van der Waals surface area contributed by atoms with Crippen molar-refractivity contribution in [1.82, 2.24) is 15.2 Å². The molecule has 0 radical (unpaired) electrons. The van der Waals surface area contributed by atoms with Crippen molar-refractivity contribution in [3.63, 3.8) is 0 Å². The smallest absolute Gasteiger partial charge is 0.271 e. The molecule has 2 N–H and O–H groups in total. The number of H-pyrrole nitrogens is 1. The van der Waals surface area contributed by atoms with Crippen molar-refractivity contribution in [2.75, 3.05) is 20.3 Å². The zero-order chi connectivity index (χ0) is 23.9. The Kier molecular flexibility index (Phi) is 7.65. The first kappa shape index (κ1) is 23.6. The summed E-state index contributed by atoms with van der Waals surface area (Å²) in [6.07, 6.45) is 1.99. The van der Waals surface area contributed by atoms with Crippen LogP contribution in [0.3, 0.4) is 0 Å². The van der Waals surface area contributed by atoms with E-state index in [0.29, 0.717) is 12.2 Å². The lowest BCUT2D eigenvalue weighted by molar-refractivity contribution is -0.125. The van der Waals surface area contributed by atoms with E-state index in [0.717, 1.165) is 42.0 Å². The number of carbonyl (C=O) groups excluding carboxylic acids is 2. The van der Waals surface area contributed by atoms with Crippen LogP contribution in [-0.2, 0) is 16.1 Å². The lowest BCUT2D eigenvalue weighted by Gasteiger charge is -2.29. The molecule has 2 aromatic carbocycles. The fraction of sp³-hybridized carbons (Fsp3) is 0.333. The molecule has 1 aliphatic heterocycles. The van der Waals surface area contributed by atoms with E-state index in [-0.39, 0.29) is 24.5 Å². The molecule has 4 rings (SSSR count). The summed E-state index contributed by atoms with van der Waals surface area (Å²) in [4.78, 5) is 31.4. The van der Waals surface area contributed by atoms with E-state index < -0.39 is 6.04 Å². The molecule has 3 aromatic rings. The van der Waals surface area contributed by atoms with E-state index in [9.17, 15) is 9.59 Å². The second-order valence-electron chi connectivity index (χ2n) is 8.49. The van der Waals surface area contributed by atoms with Gasteiger partial charge in [0.25, 0.3) is 5.91 Å². The Labute approximate surface area is 200 Å². The van der Waals surface area contributed by atoms with Gasteiger partial charge >= 0.3 is 0 Å². The van der Waals surface area contributed by atoms with Gasteiger partial charge in [0.15, 0.2) is 0 Å². The highest BCUT2D eigenvalue weighted by molar-refractivity contribution is 5.96. The van der Waals surface area contributed by atoms with Gasteiger partial charge in [0.2, 0.25) is 5.91 Å². The number of ether oxygens (including phenoxy) is 2. The minimum atomic E-state index is -0.667. The number of rotatable bonds is 9. The number of aromatic nitrogens is 1. The van der Waals surface area contributed by atoms with Crippen molar-refractivity contribution >= 4 is 11.8 Å². The predicted octanol–water partition coefficient (Wildman–Crippen LogP) is 4.02. The van der Waals surface area contributed by atoms with E-state index in [4.69, 9.17) is 9.47 Å². The van der Waals surface area contributed by atoms with E-state index in [1.54, 1.807) is 25.0 Å². The molecule has 1 saturated heterocycles. The quantitative estimate of drug-likeness (QED) is 0.504. The minimum absolute atomic E-state index is 0.0405. The molecule has 7 nitrogen and oxygen atoms in total. The lowest BCUT2D eigenvalue weighted by atomic mass is 10.1. The third kappa shape index (κ3) is 5.66. The Balaban J connectivity index is 1.53. The van der Waals surface area contributed by atoms with E-state index in [1.807, 2.05) is 60.7 Å². The number of nitrogens with one attached hydrogen (secondary N) is 2. The average molecular weight is 462 g/mol. The third-order valence-electron chi connectivity index (χ3n) is 6.15. The highest BCUT2D eigenvalue weighted by atomic mass is 16.5. The Bertz CT molecular complexity index is 1090. The summed E-state index contributed by atoms with van der Waals surface area (Å²) in [6, 6.07) is 20.3.